The van der Waals surface area contributed by atoms with Gasteiger partial charge in [0.05, 0.1) is 6.04 Å². The molecule has 26 heavy (non-hydrogen) atoms. The number of fused-ring (bicyclic) bond motifs is 3. The fraction of sp³-hybridized carbons (Fsp3) is 0.130. The summed E-state index contributed by atoms with van der Waals surface area (Å²) in [7, 11) is 0. The van der Waals surface area contributed by atoms with Crippen molar-refractivity contribution in [2.24, 2.45) is 0 Å². The first kappa shape index (κ1) is 15.5. The lowest BCUT2D eigenvalue weighted by Gasteiger charge is -2.29. The standard InChI is InChI=1S/C23H19ClN2/c24-26-13-12-25(16-26)23(17-6-2-1-3-7-17)19-10-11-22-20(15-19)14-18-8-4-5-9-21(18)22/h1-13,15,23H,14,16H2. The number of rotatable bonds is 3. The number of nitrogens with zero attached hydrogens (tertiary/aromatic N) is 2. The van der Waals surface area contributed by atoms with Gasteiger partial charge in [-0.05, 0) is 39.8 Å². The highest BCUT2D eigenvalue weighted by Gasteiger charge is 2.26. The molecular weight excluding hydrogens is 340 g/mol. The summed E-state index contributed by atoms with van der Waals surface area (Å²) in [5.74, 6) is 0. The molecule has 5 rings (SSSR count). The van der Waals surface area contributed by atoms with E-state index in [9.17, 15) is 0 Å². The molecule has 0 bridgehead atoms. The van der Waals surface area contributed by atoms with Crippen LogP contribution in [0.1, 0.15) is 28.3 Å². The van der Waals surface area contributed by atoms with Gasteiger partial charge < -0.3 is 4.90 Å². The van der Waals surface area contributed by atoms with Gasteiger partial charge in [0.25, 0.3) is 0 Å². The molecular formula is C23H19ClN2. The molecule has 0 saturated carbocycles. The molecule has 0 fully saturated rings. The molecule has 1 aliphatic heterocycles. The molecule has 0 amide bonds. The zero-order valence-corrected chi connectivity index (χ0v) is 15.1. The fourth-order valence-corrected chi connectivity index (χ4v) is 4.30. The van der Waals surface area contributed by atoms with Crippen LogP contribution in [0.3, 0.4) is 0 Å². The second kappa shape index (κ2) is 6.22. The highest BCUT2D eigenvalue weighted by Crippen LogP contribution is 2.40. The van der Waals surface area contributed by atoms with Crippen LogP contribution in [0.15, 0.2) is 85.2 Å². The lowest BCUT2D eigenvalue weighted by Crippen LogP contribution is -2.26. The minimum absolute atomic E-state index is 0.158. The Hall–Kier alpha value is -2.71. The summed E-state index contributed by atoms with van der Waals surface area (Å²) in [4.78, 5) is 2.28. The van der Waals surface area contributed by atoms with Crippen molar-refractivity contribution in [3.05, 3.63) is 107 Å². The van der Waals surface area contributed by atoms with Crippen LogP contribution in [-0.2, 0) is 6.42 Å². The van der Waals surface area contributed by atoms with Crippen molar-refractivity contribution in [1.82, 2.24) is 9.32 Å². The summed E-state index contributed by atoms with van der Waals surface area (Å²) in [5, 5.41) is 0. The number of halogens is 1. The molecule has 0 aromatic heterocycles. The summed E-state index contributed by atoms with van der Waals surface area (Å²) in [5.41, 5.74) is 8.16. The molecule has 2 aliphatic rings. The van der Waals surface area contributed by atoms with E-state index in [1.807, 2.05) is 6.20 Å². The molecule has 0 N–H and O–H groups in total. The van der Waals surface area contributed by atoms with Crippen LogP contribution >= 0.6 is 11.8 Å². The lowest BCUT2D eigenvalue weighted by molar-refractivity contribution is 0.292. The quantitative estimate of drug-likeness (QED) is 0.443. The molecule has 3 aromatic rings. The molecule has 1 atom stereocenters. The first-order valence-corrected chi connectivity index (χ1v) is 9.26. The maximum atomic E-state index is 6.19. The van der Waals surface area contributed by atoms with Crippen LogP contribution in [0.4, 0.5) is 0 Å². The van der Waals surface area contributed by atoms with E-state index >= 15 is 0 Å². The Bertz CT molecular complexity index is 981. The Morgan fingerprint density at radius 1 is 0.731 bits per heavy atom. The minimum Gasteiger partial charge on any atom is -0.346 e. The van der Waals surface area contributed by atoms with Crippen LogP contribution in [0.2, 0.25) is 0 Å². The van der Waals surface area contributed by atoms with Crippen LogP contribution in [0.5, 0.6) is 0 Å². The molecule has 0 radical (unpaired) electrons. The Kier molecular flexibility index (Phi) is 3.72. The second-order valence-corrected chi connectivity index (χ2v) is 7.35. The summed E-state index contributed by atoms with van der Waals surface area (Å²) < 4.78 is 1.69. The van der Waals surface area contributed by atoms with Gasteiger partial charge in [-0.3, -0.25) is 4.42 Å². The van der Waals surface area contributed by atoms with Gasteiger partial charge in [0, 0.05) is 24.2 Å². The molecule has 0 spiro atoms. The highest BCUT2D eigenvalue weighted by molar-refractivity contribution is 6.14. The van der Waals surface area contributed by atoms with Crippen LogP contribution in [0.25, 0.3) is 11.1 Å². The SMILES string of the molecule is ClN1C=CN(C(c2ccccc2)c2ccc3c(c2)Cc2ccccc2-3)C1. The Morgan fingerprint density at radius 3 is 2.31 bits per heavy atom. The number of hydrogen-bond donors (Lipinski definition) is 0. The average molecular weight is 359 g/mol. The summed E-state index contributed by atoms with van der Waals surface area (Å²) >= 11 is 6.19. The van der Waals surface area contributed by atoms with Crippen molar-refractivity contribution in [2.45, 2.75) is 12.5 Å². The van der Waals surface area contributed by atoms with Crippen molar-refractivity contribution in [1.29, 1.82) is 0 Å². The van der Waals surface area contributed by atoms with Crippen molar-refractivity contribution < 1.29 is 0 Å². The van der Waals surface area contributed by atoms with E-state index in [0.717, 1.165) is 6.42 Å². The van der Waals surface area contributed by atoms with E-state index in [4.69, 9.17) is 11.8 Å². The molecule has 3 aromatic carbocycles. The summed E-state index contributed by atoms with van der Waals surface area (Å²) in [6.45, 7) is 0.679. The average Bonchev–Trinajstić information content (AvgIpc) is 3.26. The van der Waals surface area contributed by atoms with Crippen molar-refractivity contribution in [2.75, 3.05) is 6.67 Å². The first-order chi connectivity index (χ1) is 12.8. The monoisotopic (exact) mass is 358 g/mol. The van der Waals surface area contributed by atoms with Crippen LogP contribution < -0.4 is 0 Å². The van der Waals surface area contributed by atoms with Crippen LogP contribution in [-0.4, -0.2) is 16.0 Å². The second-order valence-electron chi connectivity index (χ2n) is 6.92. The van der Waals surface area contributed by atoms with Crippen molar-refractivity contribution >= 4 is 11.8 Å². The Labute approximate surface area is 159 Å². The van der Waals surface area contributed by atoms with Gasteiger partial charge in [0.2, 0.25) is 0 Å². The maximum Gasteiger partial charge on any atom is 0.106 e. The minimum atomic E-state index is 0.158. The van der Waals surface area contributed by atoms with E-state index < -0.39 is 0 Å². The van der Waals surface area contributed by atoms with Gasteiger partial charge in [-0.2, -0.15) is 0 Å². The van der Waals surface area contributed by atoms with Gasteiger partial charge in [0.15, 0.2) is 0 Å². The first-order valence-electron chi connectivity index (χ1n) is 8.92. The molecule has 3 heteroatoms. The molecule has 1 aliphatic carbocycles. The topological polar surface area (TPSA) is 6.48 Å². The van der Waals surface area contributed by atoms with Gasteiger partial charge in [-0.15, -0.1) is 0 Å². The van der Waals surface area contributed by atoms with E-state index in [-0.39, 0.29) is 6.04 Å². The van der Waals surface area contributed by atoms with Gasteiger partial charge in [-0.25, -0.2) is 0 Å². The Balaban J connectivity index is 1.58. The van der Waals surface area contributed by atoms with E-state index in [0.29, 0.717) is 6.67 Å². The third kappa shape index (κ3) is 2.58. The summed E-state index contributed by atoms with van der Waals surface area (Å²) in [6.07, 6.45) is 5.01. The lowest BCUT2D eigenvalue weighted by atomic mass is 9.94. The molecule has 1 heterocycles. The maximum absolute atomic E-state index is 6.19. The van der Waals surface area contributed by atoms with E-state index in [1.54, 1.807) is 4.42 Å². The van der Waals surface area contributed by atoms with Gasteiger partial charge >= 0.3 is 0 Å². The van der Waals surface area contributed by atoms with E-state index in [2.05, 4.69) is 83.9 Å². The Morgan fingerprint density at radius 2 is 1.50 bits per heavy atom. The number of hydrogen-bond acceptors (Lipinski definition) is 2. The van der Waals surface area contributed by atoms with E-state index in [1.165, 1.54) is 33.4 Å². The van der Waals surface area contributed by atoms with Crippen molar-refractivity contribution in [3.63, 3.8) is 0 Å². The van der Waals surface area contributed by atoms with Crippen LogP contribution in [0, 0.1) is 0 Å². The summed E-state index contributed by atoms with van der Waals surface area (Å²) in [6, 6.07) is 26.4. The van der Waals surface area contributed by atoms with Crippen molar-refractivity contribution in [3.8, 4) is 11.1 Å². The predicted molar refractivity (Wildman–Crippen MR) is 107 cm³/mol. The molecule has 128 valence electrons. The fourth-order valence-electron chi connectivity index (χ4n) is 4.12. The zero-order chi connectivity index (χ0) is 17.5. The highest BCUT2D eigenvalue weighted by atomic mass is 35.5. The third-order valence-corrected chi connectivity index (χ3v) is 5.52. The number of benzene rings is 3. The van der Waals surface area contributed by atoms with Gasteiger partial charge in [-0.1, -0.05) is 72.8 Å². The zero-order valence-electron chi connectivity index (χ0n) is 14.3. The normalized spacial score (nSPS) is 15.9. The smallest absolute Gasteiger partial charge is 0.106 e. The molecule has 0 saturated heterocycles. The van der Waals surface area contributed by atoms with Gasteiger partial charge in [0.1, 0.15) is 6.67 Å². The largest absolute Gasteiger partial charge is 0.346 e. The molecule has 1 unspecified atom stereocenters. The molecule has 2 nitrogen and oxygen atoms in total. The predicted octanol–water partition coefficient (Wildman–Crippen LogP) is 5.55. The third-order valence-electron chi connectivity index (χ3n) is 5.30.